The van der Waals surface area contributed by atoms with Crippen molar-refractivity contribution in [1.82, 2.24) is 0 Å². The quantitative estimate of drug-likeness (QED) is 0.329. The molecular formula is C13H9ClF8O3S. The van der Waals surface area contributed by atoms with E-state index >= 15 is 0 Å². The van der Waals surface area contributed by atoms with Crippen LogP contribution in [0.3, 0.4) is 0 Å². The summed E-state index contributed by atoms with van der Waals surface area (Å²) < 4.78 is 113. The van der Waals surface area contributed by atoms with Crippen LogP contribution >= 0.6 is 21.8 Å². The number of rotatable bonds is 3. The number of carbonyl (C=O) groups excluding carboxylic acids is 1. The fourth-order valence-corrected chi connectivity index (χ4v) is 3.07. The molecule has 0 aromatic heterocycles. The van der Waals surface area contributed by atoms with Crippen molar-refractivity contribution in [3.05, 3.63) is 28.8 Å². The molecular weight excluding hydrogens is 424 g/mol. The van der Waals surface area contributed by atoms with E-state index in [-0.39, 0.29) is 12.1 Å². The Kier molecular flexibility index (Phi) is 4.29. The molecule has 0 fully saturated rings. The molecule has 13 heteroatoms. The minimum absolute atomic E-state index is 0.0102. The lowest BCUT2D eigenvalue weighted by Gasteiger charge is -2.41. The van der Waals surface area contributed by atoms with Gasteiger partial charge in [-0.1, -0.05) is 31.0 Å². The van der Waals surface area contributed by atoms with Crippen molar-refractivity contribution in [2.75, 3.05) is 6.07 Å². The van der Waals surface area contributed by atoms with Gasteiger partial charge in [-0.2, -0.15) is 13.2 Å². The fourth-order valence-electron chi connectivity index (χ4n) is 2.22. The number of fused-ring (bicyclic) bond motifs is 1. The molecule has 0 saturated heterocycles. The van der Waals surface area contributed by atoms with Crippen molar-refractivity contribution in [2.24, 2.45) is 0 Å². The van der Waals surface area contributed by atoms with Crippen LogP contribution in [0.25, 0.3) is 6.08 Å². The molecule has 0 aliphatic carbocycles. The van der Waals surface area contributed by atoms with E-state index in [9.17, 15) is 37.4 Å². The molecule has 1 aliphatic heterocycles. The van der Waals surface area contributed by atoms with Crippen molar-refractivity contribution in [2.45, 2.75) is 24.1 Å². The van der Waals surface area contributed by atoms with Gasteiger partial charge in [-0.15, -0.1) is 0 Å². The molecule has 0 amide bonds. The number of ether oxygens (including phenoxy) is 2. The van der Waals surface area contributed by atoms with E-state index in [1.54, 1.807) is 0 Å². The normalized spacial score (nSPS) is 20.2. The van der Waals surface area contributed by atoms with Gasteiger partial charge in [0.1, 0.15) is 10.6 Å². The predicted octanol–water partition coefficient (Wildman–Crippen LogP) is 6.10. The molecule has 0 N–H and O–H groups in total. The Morgan fingerprint density at radius 3 is 2.27 bits per heavy atom. The maximum Gasteiger partial charge on any atom is 0.430 e. The summed E-state index contributed by atoms with van der Waals surface area (Å²) >= 11 is 5.09. The molecule has 1 aliphatic rings. The Bertz CT molecular complexity index is 801. The summed E-state index contributed by atoms with van der Waals surface area (Å²) in [5, 5.41) is 0. The maximum absolute atomic E-state index is 13.1. The van der Waals surface area contributed by atoms with Crippen LogP contribution in [0.15, 0.2) is 22.6 Å². The minimum atomic E-state index is -10.1. The van der Waals surface area contributed by atoms with Crippen molar-refractivity contribution < 1.29 is 46.9 Å². The van der Waals surface area contributed by atoms with Gasteiger partial charge in [0.2, 0.25) is 6.10 Å². The molecule has 1 aromatic carbocycles. The summed E-state index contributed by atoms with van der Waals surface area (Å²) in [5.41, 5.74) is -2.60. The molecule has 1 heterocycles. The smallest absolute Gasteiger partial charge is 0.430 e. The summed E-state index contributed by atoms with van der Waals surface area (Å²) in [6.45, 7) is 0.870. The highest BCUT2D eigenvalue weighted by atomic mass is 35.5. The van der Waals surface area contributed by atoms with Crippen molar-refractivity contribution in [3.8, 4) is 5.75 Å². The second-order valence-corrected chi connectivity index (χ2v) is 7.94. The standard InChI is InChI=1S/C13H9ClF8O3S/c1-6-2-8(26(18,19,20,21)22)3-7-4-9(12(23)24-5-14)11(13(15,16)17)25-10(6)7/h2-4,11H,5H2,1H3/t11-/m0/s1. The second kappa shape index (κ2) is 5.41. The Labute approximate surface area is 146 Å². The van der Waals surface area contributed by atoms with Gasteiger partial charge in [0.15, 0.2) is 6.07 Å². The van der Waals surface area contributed by atoms with Gasteiger partial charge < -0.3 is 9.47 Å². The molecule has 3 nitrogen and oxygen atoms in total. The molecule has 0 saturated carbocycles. The van der Waals surface area contributed by atoms with Crippen LogP contribution in [0.4, 0.5) is 32.6 Å². The Hall–Kier alpha value is -1.69. The highest BCUT2D eigenvalue weighted by Gasteiger charge is 2.65. The van der Waals surface area contributed by atoms with Crippen LogP contribution in [0, 0.1) is 6.92 Å². The number of halogens is 9. The van der Waals surface area contributed by atoms with E-state index in [0.717, 1.165) is 6.92 Å². The first-order valence-electron chi connectivity index (χ1n) is 6.51. The van der Waals surface area contributed by atoms with Crippen LogP contribution in [0.5, 0.6) is 5.75 Å². The lowest BCUT2D eigenvalue weighted by molar-refractivity contribution is -0.187. The van der Waals surface area contributed by atoms with Gasteiger partial charge >= 0.3 is 22.4 Å². The zero-order chi connectivity index (χ0) is 20.2. The minimum Gasteiger partial charge on any atom is -0.475 e. The maximum atomic E-state index is 13.1. The highest BCUT2D eigenvalue weighted by molar-refractivity contribution is 8.45. The predicted molar refractivity (Wildman–Crippen MR) is 77.8 cm³/mol. The summed E-state index contributed by atoms with van der Waals surface area (Å²) in [5.74, 6) is -2.32. The highest BCUT2D eigenvalue weighted by Crippen LogP contribution is 3.02. The number of hydrogen-bond donors (Lipinski definition) is 0. The number of hydrogen-bond acceptors (Lipinski definition) is 3. The van der Waals surface area contributed by atoms with Crippen LogP contribution in [0.2, 0.25) is 0 Å². The third-order valence-electron chi connectivity index (χ3n) is 3.27. The van der Waals surface area contributed by atoms with Crippen molar-refractivity contribution in [1.29, 1.82) is 0 Å². The Morgan fingerprint density at radius 2 is 1.81 bits per heavy atom. The van der Waals surface area contributed by atoms with Crippen LogP contribution in [-0.4, -0.2) is 24.3 Å². The SMILES string of the molecule is Cc1cc(S(F)(F)(F)(F)F)cc2c1O[C@H](C(F)(F)F)C(C(=O)OCCl)=C2. The first kappa shape index (κ1) is 20.6. The summed E-state index contributed by atoms with van der Waals surface area (Å²) in [6, 6.07) is -0.924. The van der Waals surface area contributed by atoms with Crippen molar-refractivity contribution >= 4 is 33.9 Å². The number of esters is 1. The fraction of sp³-hybridized carbons (Fsp3) is 0.308. The first-order valence-corrected chi connectivity index (χ1v) is 8.99. The average Bonchev–Trinajstić information content (AvgIpc) is 2.42. The average molecular weight is 433 g/mol. The van der Waals surface area contributed by atoms with Gasteiger partial charge in [-0.05, 0) is 30.7 Å². The lowest BCUT2D eigenvalue weighted by atomic mass is 9.99. The van der Waals surface area contributed by atoms with E-state index in [2.05, 4.69) is 9.47 Å². The summed E-state index contributed by atoms with van der Waals surface area (Å²) in [7, 11) is -10.1. The van der Waals surface area contributed by atoms with Crippen LogP contribution in [0.1, 0.15) is 11.1 Å². The third-order valence-corrected chi connectivity index (χ3v) is 4.51. The van der Waals surface area contributed by atoms with Crippen LogP contribution < -0.4 is 4.74 Å². The monoisotopic (exact) mass is 432 g/mol. The molecule has 2 rings (SSSR count). The Balaban J connectivity index is 2.71. The van der Waals surface area contributed by atoms with Crippen LogP contribution in [-0.2, 0) is 9.53 Å². The molecule has 0 unspecified atom stereocenters. The lowest BCUT2D eigenvalue weighted by Crippen LogP contribution is -2.41. The number of aryl methyl sites for hydroxylation is 1. The summed E-state index contributed by atoms with van der Waals surface area (Å²) in [4.78, 5) is 9.32. The second-order valence-electron chi connectivity index (χ2n) is 5.31. The van der Waals surface area contributed by atoms with Gasteiger partial charge in [0.25, 0.3) is 0 Å². The van der Waals surface area contributed by atoms with Crippen molar-refractivity contribution in [3.63, 3.8) is 0 Å². The zero-order valence-electron chi connectivity index (χ0n) is 12.6. The molecule has 0 radical (unpaired) electrons. The Morgan fingerprint density at radius 1 is 1.23 bits per heavy atom. The first-order chi connectivity index (χ1) is 11.4. The van der Waals surface area contributed by atoms with E-state index in [1.165, 1.54) is 0 Å². The molecule has 1 atom stereocenters. The van der Waals surface area contributed by atoms with E-state index in [0.29, 0.717) is 6.08 Å². The largest absolute Gasteiger partial charge is 0.475 e. The van der Waals surface area contributed by atoms with E-state index < -0.39 is 61.9 Å². The zero-order valence-corrected chi connectivity index (χ0v) is 14.1. The van der Waals surface area contributed by atoms with Gasteiger partial charge in [0.05, 0.1) is 5.57 Å². The number of carbonyl (C=O) groups is 1. The molecule has 148 valence electrons. The van der Waals surface area contributed by atoms with Gasteiger partial charge in [-0.25, -0.2) is 4.79 Å². The molecule has 1 aromatic rings. The van der Waals surface area contributed by atoms with Gasteiger partial charge in [-0.3, -0.25) is 0 Å². The number of alkyl halides is 4. The van der Waals surface area contributed by atoms with E-state index in [4.69, 9.17) is 11.6 Å². The molecule has 26 heavy (non-hydrogen) atoms. The molecule has 0 spiro atoms. The van der Waals surface area contributed by atoms with E-state index in [1.807, 2.05) is 0 Å². The topological polar surface area (TPSA) is 35.5 Å². The molecule has 0 bridgehead atoms. The van der Waals surface area contributed by atoms with Gasteiger partial charge in [0, 0.05) is 5.56 Å². The summed E-state index contributed by atoms with van der Waals surface area (Å²) in [6.07, 6.45) is -7.61. The number of benzene rings is 1. The third kappa shape index (κ3) is 4.17.